The molecule has 9 heteroatoms. The quantitative estimate of drug-likeness (QED) is 0.414. The van der Waals surface area contributed by atoms with E-state index in [1.54, 1.807) is 19.1 Å². The van der Waals surface area contributed by atoms with Crippen LogP contribution in [0.1, 0.15) is 41.9 Å². The first-order chi connectivity index (χ1) is 12.9. The van der Waals surface area contributed by atoms with Gasteiger partial charge in [-0.15, -0.1) is 0 Å². The Morgan fingerprint density at radius 1 is 1.37 bits per heavy atom. The van der Waals surface area contributed by atoms with Crippen LogP contribution in [0.3, 0.4) is 0 Å². The molecule has 1 heterocycles. The molecule has 1 aromatic carbocycles. The normalized spacial score (nSPS) is 14.3. The van der Waals surface area contributed by atoms with Gasteiger partial charge in [0.05, 0.1) is 22.8 Å². The van der Waals surface area contributed by atoms with E-state index in [2.05, 4.69) is 10.6 Å². The van der Waals surface area contributed by atoms with Gasteiger partial charge in [-0.05, 0) is 44.0 Å². The van der Waals surface area contributed by atoms with Crippen LogP contribution < -0.4 is 10.6 Å². The summed E-state index contributed by atoms with van der Waals surface area (Å²) < 4.78 is 10.1. The number of rotatable bonds is 8. The molecule has 2 aromatic rings. The van der Waals surface area contributed by atoms with Gasteiger partial charge >= 0.3 is 5.97 Å². The molecule has 27 heavy (non-hydrogen) atoms. The van der Waals surface area contributed by atoms with E-state index in [1.165, 1.54) is 18.4 Å². The van der Waals surface area contributed by atoms with Gasteiger partial charge in [-0.1, -0.05) is 0 Å². The zero-order chi connectivity index (χ0) is 19.4. The average Bonchev–Trinajstić information content (AvgIpc) is 3.28. The standard InChI is InChI=1S/C18H19N3O6/c1-11(16-3-2-8-26-16)19-17(22)10-27-18(23)12-4-7-14(20-13-5-6-13)15(9-12)21(24)25/h2-4,7-9,11,13,20H,5-6,10H2,1H3,(H,19,22)/t11-/m1/s1. The fourth-order valence-corrected chi connectivity index (χ4v) is 2.49. The Morgan fingerprint density at radius 3 is 2.78 bits per heavy atom. The number of nitrogens with one attached hydrogen (secondary N) is 2. The summed E-state index contributed by atoms with van der Waals surface area (Å²) in [5.41, 5.74) is 0.172. The molecule has 0 aliphatic heterocycles. The molecule has 0 bridgehead atoms. The van der Waals surface area contributed by atoms with Gasteiger partial charge in [0.2, 0.25) is 0 Å². The molecule has 0 spiro atoms. The second kappa shape index (κ2) is 7.90. The zero-order valence-corrected chi connectivity index (χ0v) is 14.6. The van der Waals surface area contributed by atoms with Crippen LogP contribution in [0.25, 0.3) is 0 Å². The van der Waals surface area contributed by atoms with E-state index < -0.39 is 23.4 Å². The highest BCUT2D eigenvalue weighted by Crippen LogP contribution is 2.31. The van der Waals surface area contributed by atoms with E-state index in [0.29, 0.717) is 11.4 Å². The number of furan rings is 1. The van der Waals surface area contributed by atoms with Crippen LogP contribution in [0.15, 0.2) is 41.0 Å². The first-order valence-electron chi connectivity index (χ1n) is 8.49. The van der Waals surface area contributed by atoms with Gasteiger partial charge in [-0.25, -0.2) is 4.79 Å². The summed E-state index contributed by atoms with van der Waals surface area (Å²) in [7, 11) is 0. The minimum Gasteiger partial charge on any atom is -0.467 e. The number of hydrogen-bond acceptors (Lipinski definition) is 7. The lowest BCUT2D eigenvalue weighted by Gasteiger charge is -2.12. The van der Waals surface area contributed by atoms with Crippen molar-refractivity contribution in [2.75, 3.05) is 11.9 Å². The van der Waals surface area contributed by atoms with Crippen molar-refractivity contribution in [2.45, 2.75) is 31.8 Å². The van der Waals surface area contributed by atoms with Crippen LogP contribution in [0.4, 0.5) is 11.4 Å². The van der Waals surface area contributed by atoms with Crippen LogP contribution in [-0.4, -0.2) is 29.4 Å². The van der Waals surface area contributed by atoms with E-state index in [9.17, 15) is 19.7 Å². The van der Waals surface area contributed by atoms with Crippen molar-refractivity contribution < 1.29 is 23.7 Å². The minimum atomic E-state index is -0.808. The number of ether oxygens (including phenoxy) is 1. The molecule has 142 valence electrons. The number of nitro benzene ring substituents is 1. The topological polar surface area (TPSA) is 124 Å². The van der Waals surface area contributed by atoms with Gasteiger partial charge in [-0.3, -0.25) is 14.9 Å². The number of nitrogens with zero attached hydrogens (tertiary/aromatic N) is 1. The van der Waals surface area contributed by atoms with Crippen LogP contribution in [0, 0.1) is 10.1 Å². The van der Waals surface area contributed by atoms with Crippen LogP contribution in [-0.2, 0) is 9.53 Å². The lowest BCUT2D eigenvalue weighted by atomic mass is 10.1. The van der Waals surface area contributed by atoms with Crippen molar-refractivity contribution in [3.63, 3.8) is 0 Å². The number of anilines is 1. The maximum atomic E-state index is 12.1. The first-order valence-corrected chi connectivity index (χ1v) is 8.49. The SMILES string of the molecule is C[C@@H](NC(=O)COC(=O)c1ccc(NC2CC2)c([N+](=O)[O-])c1)c1ccco1. The third kappa shape index (κ3) is 4.84. The van der Waals surface area contributed by atoms with Gasteiger partial charge in [0.15, 0.2) is 6.61 Å². The van der Waals surface area contributed by atoms with Gasteiger partial charge < -0.3 is 19.8 Å². The highest BCUT2D eigenvalue weighted by Gasteiger charge is 2.26. The van der Waals surface area contributed by atoms with E-state index in [4.69, 9.17) is 9.15 Å². The largest absolute Gasteiger partial charge is 0.467 e. The number of amides is 1. The lowest BCUT2D eigenvalue weighted by Crippen LogP contribution is -2.31. The smallest absolute Gasteiger partial charge is 0.338 e. The maximum absolute atomic E-state index is 12.1. The fraction of sp³-hybridized carbons (Fsp3) is 0.333. The van der Waals surface area contributed by atoms with E-state index in [-0.39, 0.29) is 23.3 Å². The summed E-state index contributed by atoms with van der Waals surface area (Å²) in [6.07, 6.45) is 3.42. The van der Waals surface area contributed by atoms with E-state index >= 15 is 0 Å². The predicted molar refractivity (Wildman–Crippen MR) is 95.3 cm³/mol. The van der Waals surface area contributed by atoms with Crippen molar-refractivity contribution in [1.82, 2.24) is 5.32 Å². The third-order valence-electron chi connectivity index (χ3n) is 4.05. The summed E-state index contributed by atoms with van der Waals surface area (Å²) in [4.78, 5) is 34.7. The number of esters is 1. The van der Waals surface area contributed by atoms with Crippen molar-refractivity contribution in [2.24, 2.45) is 0 Å². The Kier molecular flexibility index (Phi) is 5.39. The van der Waals surface area contributed by atoms with Gasteiger partial charge in [-0.2, -0.15) is 0 Å². The number of carbonyl (C=O) groups excluding carboxylic acids is 2. The molecule has 1 atom stereocenters. The Morgan fingerprint density at radius 2 is 2.15 bits per heavy atom. The summed E-state index contributed by atoms with van der Waals surface area (Å²) in [6.45, 7) is 1.23. The second-order valence-electron chi connectivity index (χ2n) is 6.29. The molecule has 2 N–H and O–H groups in total. The van der Waals surface area contributed by atoms with E-state index in [1.807, 2.05) is 0 Å². The summed E-state index contributed by atoms with van der Waals surface area (Å²) in [5, 5.41) is 16.9. The molecule has 1 amide bonds. The lowest BCUT2D eigenvalue weighted by molar-refractivity contribution is -0.384. The molecule has 1 saturated carbocycles. The molecule has 0 saturated heterocycles. The zero-order valence-electron chi connectivity index (χ0n) is 14.6. The molecule has 1 aliphatic rings. The number of hydrogen-bond donors (Lipinski definition) is 2. The number of benzene rings is 1. The van der Waals surface area contributed by atoms with Gasteiger partial charge in [0.1, 0.15) is 11.4 Å². The molecule has 3 rings (SSSR count). The Balaban J connectivity index is 1.57. The van der Waals surface area contributed by atoms with Crippen molar-refractivity contribution in [3.8, 4) is 0 Å². The Hall–Kier alpha value is -3.36. The van der Waals surface area contributed by atoms with Crippen molar-refractivity contribution in [1.29, 1.82) is 0 Å². The molecule has 0 unspecified atom stereocenters. The number of carbonyl (C=O) groups is 2. The molecule has 1 aromatic heterocycles. The van der Waals surface area contributed by atoms with Crippen molar-refractivity contribution >= 4 is 23.3 Å². The highest BCUT2D eigenvalue weighted by atomic mass is 16.6. The Labute approximate surface area is 154 Å². The molecule has 9 nitrogen and oxygen atoms in total. The monoisotopic (exact) mass is 373 g/mol. The summed E-state index contributed by atoms with van der Waals surface area (Å²) in [6, 6.07) is 7.34. The van der Waals surface area contributed by atoms with Crippen LogP contribution in [0.2, 0.25) is 0 Å². The third-order valence-corrected chi connectivity index (χ3v) is 4.05. The van der Waals surface area contributed by atoms with Crippen molar-refractivity contribution in [3.05, 3.63) is 58.0 Å². The molecular formula is C18H19N3O6. The molecule has 1 aliphatic carbocycles. The Bertz CT molecular complexity index is 845. The van der Waals surface area contributed by atoms with Crippen LogP contribution in [0.5, 0.6) is 0 Å². The predicted octanol–water partition coefficient (Wildman–Crippen LogP) is 2.80. The second-order valence-corrected chi connectivity index (χ2v) is 6.29. The molecule has 1 fully saturated rings. The number of nitro groups is 1. The molecule has 0 radical (unpaired) electrons. The van der Waals surface area contributed by atoms with E-state index in [0.717, 1.165) is 18.9 Å². The average molecular weight is 373 g/mol. The maximum Gasteiger partial charge on any atom is 0.338 e. The highest BCUT2D eigenvalue weighted by molar-refractivity contribution is 5.93. The van der Waals surface area contributed by atoms with Gasteiger partial charge in [0, 0.05) is 12.1 Å². The summed E-state index contributed by atoms with van der Waals surface area (Å²) in [5.74, 6) is -0.741. The first kappa shape index (κ1) is 18.4. The van der Waals surface area contributed by atoms with Gasteiger partial charge in [0.25, 0.3) is 11.6 Å². The minimum absolute atomic E-state index is 0.00919. The fourth-order valence-electron chi connectivity index (χ4n) is 2.49. The molecular weight excluding hydrogens is 354 g/mol. The van der Waals surface area contributed by atoms with Crippen LogP contribution >= 0.6 is 0 Å². The summed E-state index contributed by atoms with van der Waals surface area (Å²) >= 11 is 0.